The number of carbonyl (C=O) groups is 2. The summed E-state index contributed by atoms with van der Waals surface area (Å²) in [5.74, 6) is -0.545. The van der Waals surface area contributed by atoms with Crippen LogP contribution in [0.5, 0.6) is 0 Å². The highest BCUT2D eigenvalue weighted by molar-refractivity contribution is 6.15. The highest BCUT2D eigenvalue weighted by Gasteiger charge is 2.25. The number of nitrogens with zero attached hydrogens (tertiary/aromatic N) is 3. The SMILES string of the molecule is CCOC(=O)c1c(C)[nH]c(C(=O)/C(C#N)=C/c2cn(-c3ccccc3)nc2-c2cc3ccccc3o2)c1C. The summed E-state index contributed by atoms with van der Waals surface area (Å²) in [5, 5.41) is 15.6. The second-order valence-corrected chi connectivity index (χ2v) is 8.71. The first-order valence-electron chi connectivity index (χ1n) is 12.1. The Kier molecular flexibility index (Phi) is 6.50. The van der Waals surface area contributed by atoms with Gasteiger partial charge >= 0.3 is 5.97 Å². The van der Waals surface area contributed by atoms with Gasteiger partial charge in [0.1, 0.15) is 22.9 Å². The zero-order valence-electron chi connectivity index (χ0n) is 21.1. The Balaban J connectivity index is 1.62. The van der Waals surface area contributed by atoms with Crippen LogP contribution in [0.2, 0.25) is 0 Å². The van der Waals surface area contributed by atoms with Gasteiger partial charge in [-0.15, -0.1) is 0 Å². The number of esters is 1. The van der Waals surface area contributed by atoms with E-state index in [-0.39, 0.29) is 17.9 Å². The van der Waals surface area contributed by atoms with Crippen molar-refractivity contribution in [3.63, 3.8) is 0 Å². The molecule has 5 rings (SSSR count). The van der Waals surface area contributed by atoms with Gasteiger partial charge in [0, 0.05) is 22.8 Å². The van der Waals surface area contributed by atoms with E-state index in [1.54, 1.807) is 31.6 Å². The van der Waals surface area contributed by atoms with Crippen LogP contribution in [0.3, 0.4) is 0 Å². The van der Waals surface area contributed by atoms with E-state index >= 15 is 0 Å². The minimum atomic E-state index is -0.535. The summed E-state index contributed by atoms with van der Waals surface area (Å²) in [6.45, 7) is 5.28. The van der Waals surface area contributed by atoms with Gasteiger partial charge in [0.15, 0.2) is 5.76 Å². The molecule has 0 amide bonds. The molecule has 2 aromatic carbocycles. The molecular formula is C30H24N4O4. The number of hydrogen-bond acceptors (Lipinski definition) is 6. The molecule has 0 aliphatic carbocycles. The summed E-state index contributed by atoms with van der Waals surface area (Å²) in [7, 11) is 0. The molecule has 0 fully saturated rings. The molecule has 0 saturated heterocycles. The molecule has 1 N–H and O–H groups in total. The fourth-order valence-corrected chi connectivity index (χ4v) is 4.42. The number of ketones is 1. The Hall–Kier alpha value is -5.16. The average molecular weight is 505 g/mol. The monoisotopic (exact) mass is 504 g/mol. The number of Topliss-reactive ketones (excluding diaryl/α,β-unsaturated/α-hetero) is 1. The van der Waals surface area contributed by atoms with Gasteiger partial charge in [-0.3, -0.25) is 4.79 Å². The molecule has 0 aliphatic heterocycles. The highest BCUT2D eigenvalue weighted by atomic mass is 16.5. The van der Waals surface area contributed by atoms with Crippen molar-refractivity contribution >= 4 is 28.8 Å². The number of nitriles is 1. The van der Waals surface area contributed by atoms with Gasteiger partial charge in [-0.05, 0) is 56.7 Å². The number of aromatic amines is 1. The zero-order valence-corrected chi connectivity index (χ0v) is 21.1. The Morgan fingerprint density at radius 3 is 2.58 bits per heavy atom. The zero-order chi connectivity index (χ0) is 26.8. The minimum absolute atomic E-state index is 0.116. The lowest BCUT2D eigenvalue weighted by Gasteiger charge is -2.02. The van der Waals surface area contributed by atoms with Crippen molar-refractivity contribution in [2.24, 2.45) is 0 Å². The molecule has 38 heavy (non-hydrogen) atoms. The number of H-pyrrole nitrogens is 1. The summed E-state index contributed by atoms with van der Waals surface area (Å²) >= 11 is 0. The van der Waals surface area contributed by atoms with E-state index < -0.39 is 11.8 Å². The first kappa shape index (κ1) is 24.5. The molecular weight excluding hydrogens is 480 g/mol. The maximum Gasteiger partial charge on any atom is 0.340 e. The topological polar surface area (TPSA) is 114 Å². The number of aromatic nitrogens is 3. The molecule has 8 nitrogen and oxygen atoms in total. The summed E-state index contributed by atoms with van der Waals surface area (Å²) in [6.07, 6.45) is 3.25. The molecule has 0 spiro atoms. The van der Waals surface area contributed by atoms with Crippen LogP contribution in [0, 0.1) is 25.2 Å². The Morgan fingerprint density at radius 1 is 1.13 bits per heavy atom. The molecule has 0 aliphatic rings. The number of nitrogens with one attached hydrogen (secondary N) is 1. The summed E-state index contributed by atoms with van der Waals surface area (Å²) < 4.78 is 12.9. The molecule has 0 saturated carbocycles. The molecule has 3 aromatic heterocycles. The van der Waals surface area contributed by atoms with Crippen LogP contribution in [-0.4, -0.2) is 33.1 Å². The number of fused-ring (bicyclic) bond motifs is 1. The molecule has 3 heterocycles. The van der Waals surface area contributed by atoms with Gasteiger partial charge in [0.2, 0.25) is 5.78 Å². The maximum atomic E-state index is 13.5. The van der Waals surface area contributed by atoms with E-state index in [2.05, 4.69) is 4.98 Å². The maximum absolute atomic E-state index is 13.5. The van der Waals surface area contributed by atoms with Gasteiger partial charge in [-0.2, -0.15) is 10.4 Å². The number of benzene rings is 2. The van der Waals surface area contributed by atoms with Gasteiger partial charge < -0.3 is 14.1 Å². The molecule has 0 unspecified atom stereocenters. The van der Waals surface area contributed by atoms with Crippen molar-refractivity contribution < 1.29 is 18.7 Å². The van der Waals surface area contributed by atoms with Crippen molar-refractivity contribution in [1.82, 2.24) is 14.8 Å². The third-order valence-electron chi connectivity index (χ3n) is 6.23. The number of carbonyl (C=O) groups excluding carboxylic acids is 2. The van der Waals surface area contributed by atoms with Gasteiger partial charge in [-0.1, -0.05) is 36.4 Å². The predicted octanol–water partition coefficient (Wildman–Crippen LogP) is 6.20. The number of rotatable bonds is 7. The predicted molar refractivity (Wildman–Crippen MR) is 143 cm³/mol. The van der Waals surface area contributed by atoms with E-state index in [0.717, 1.165) is 11.1 Å². The molecule has 188 valence electrons. The summed E-state index contributed by atoms with van der Waals surface area (Å²) in [4.78, 5) is 28.9. The van der Waals surface area contributed by atoms with Crippen LogP contribution < -0.4 is 0 Å². The first-order chi connectivity index (χ1) is 18.4. The minimum Gasteiger partial charge on any atom is -0.462 e. The van der Waals surface area contributed by atoms with Crippen LogP contribution in [-0.2, 0) is 4.74 Å². The van der Waals surface area contributed by atoms with E-state index in [0.29, 0.717) is 39.4 Å². The standard InChI is InChI=1S/C30H24N4O4/c1-4-37-30(36)26-18(2)27(32-19(26)3)29(35)21(16-31)14-22-17-34(23-11-6-5-7-12-23)33-28(22)25-15-20-10-8-9-13-24(20)38-25/h5-15,17,32H,4H2,1-3H3/b21-14+. The lowest BCUT2D eigenvalue weighted by molar-refractivity contribution is 0.0525. The smallest absolute Gasteiger partial charge is 0.340 e. The second-order valence-electron chi connectivity index (χ2n) is 8.71. The van der Waals surface area contributed by atoms with Crippen LogP contribution in [0.4, 0.5) is 0 Å². The van der Waals surface area contributed by atoms with Crippen molar-refractivity contribution in [2.45, 2.75) is 20.8 Å². The van der Waals surface area contributed by atoms with Crippen molar-refractivity contribution in [2.75, 3.05) is 6.61 Å². The van der Waals surface area contributed by atoms with Gasteiger partial charge in [-0.25, -0.2) is 9.48 Å². The number of ether oxygens (including phenoxy) is 1. The summed E-state index contributed by atoms with van der Waals surface area (Å²) in [6, 6.07) is 21.0. The van der Waals surface area contributed by atoms with Gasteiger partial charge in [0.25, 0.3) is 0 Å². The van der Waals surface area contributed by atoms with Crippen LogP contribution in [0.25, 0.3) is 34.2 Å². The van der Waals surface area contributed by atoms with Crippen molar-refractivity contribution in [3.05, 3.63) is 101 Å². The molecule has 0 atom stereocenters. The molecule has 0 radical (unpaired) electrons. The van der Waals surface area contributed by atoms with E-state index in [9.17, 15) is 14.9 Å². The number of hydrogen-bond donors (Lipinski definition) is 1. The number of aryl methyl sites for hydroxylation is 1. The van der Waals surface area contributed by atoms with Crippen LogP contribution >= 0.6 is 0 Å². The quantitative estimate of drug-likeness (QED) is 0.122. The Morgan fingerprint density at radius 2 is 1.87 bits per heavy atom. The molecule has 8 heteroatoms. The van der Waals surface area contributed by atoms with Gasteiger partial charge in [0.05, 0.1) is 23.6 Å². The lowest BCUT2D eigenvalue weighted by Crippen LogP contribution is -2.08. The fraction of sp³-hybridized carbons (Fsp3) is 0.133. The normalized spacial score (nSPS) is 11.5. The Bertz CT molecular complexity index is 1710. The lowest BCUT2D eigenvalue weighted by atomic mass is 10.0. The summed E-state index contributed by atoms with van der Waals surface area (Å²) in [5.41, 5.74) is 3.81. The van der Waals surface area contributed by atoms with E-state index in [4.69, 9.17) is 14.3 Å². The number of para-hydroxylation sites is 2. The molecule has 5 aromatic rings. The second kappa shape index (κ2) is 10.1. The fourth-order valence-electron chi connectivity index (χ4n) is 4.42. The average Bonchev–Trinajstić information content (AvgIpc) is 3.62. The third kappa shape index (κ3) is 4.42. The Labute approximate surface area is 218 Å². The number of allylic oxidation sites excluding steroid dienone is 1. The van der Waals surface area contributed by atoms with Crippen LogP contribution in [0.1, 0.15) is 44.6 Å². The molecule has 0 bridgehead atoms. The number of furan rings is 1. The van der Waals surface area contributed by atoms with Crippen molar-refractivity contribution in [3.8, 4) is 23.2 Å². The highest BCUT2D eigenvalue weighted by Crippen LogP contribution is 2.31. The van der Waals surface area contributed by atoms with E-state index in [1.807, 2.05) is 66.7 Å². The third-order valence-corrected chi connectivity index (χ3v) is 6.23. The largest absolute Gasteiger partial charge is 0.462 e. The van der Waals surface area contributed by atoms with Crippen molar-refractivity contribution in [1.29, 1.82) is 5.26 Å². The van der Waals surface area contributed by atoms with E-state index in [1.165, 1.54) is 6.08 Å². The van der Waals surface area contributed by atoms with Crippen LogP contribution in [0.15, 0.2) is 76.9 Å². The first-order valence-corrected chi connectivity index (χ1v) is 12.1.